The van der Waals surface area contributed by atoms with Gasteiger partial charge in [0.1, 0.15) is 70.2 Å². The van der Waals surface area contributed by atoms with E-state index < -0.39 is 9.84 Å². The number of hydrogen-bond acceptors (Lipinski definition) is 30. The Morgan fingerprint density at radius 2 is 0.954 bits per heavy atom. The van der Waals surface area contributed by atoms with Gasteiger partial charge >= 0.3 is 76.1 Å². The number of hydrogen-bond donors (Lipinski definition) is 5. The van der Waals surface area contributed by atoms with Gasteiger partial charge in [0, 0.05) is 75.7 Å². The van der Waals surface area contributed by atoms with E-state index >= 15 is 0 Å². The third-order valence-electron chi connectivity index (χ3n) is 12.5. The van der Waals surface area contributed by atoms with Crippen molar-refractivity contribution in [3.63, 3.8) is 0 Å². The van der Waals surface area contributed by atoms with Crippen LogP contribution in [0.3, 0.4) is 0 Å². The summed E-state index contributed by atoms with van der Waals surface area (Å²) < 4.78 is 63.1. The van der Waals surface area contributed by atoms with Gasteiger partial charge in [-0.15, -0.1) is 0 Å². The molecule has 25 nitrogen and oxygen atoms in total. The van der Waals surface area contributed by atoms with Crippen LogP contribution in [-0.4, -0.2) is 100 Å². The number of ether oxygens (including phenoxy) is 6. The third kappa shape index (κ3) is 32.6. The van der Waals surface area contributed by atoms with E-state index in [1.807, 2.05) is 215 Å². The zero-order valence-corrected chi connectivity index (χ0v) is 69.3. The summed E-state index contributed by atoms with van der Waals surface area (Å²) in [5, 5.41) is 12.0. The van der Waals surface area contributed by atoms with Gasteiger partial charge in [0.05, 0.1) is 17.6 Å². The number of nitrogens with two attached hydrogens (primary N) is 3. The maximum atomic E-state index is 11.5. The molecule has 0 spiro atoms. The quantitative estimate of drug-likeness (QED) is 0.0114. The molecular formula is C73H74BBrKN17O8S8-. The van der Waals surface area contributed by atoms with Gasteiger partial charge in [-0.2, -0.15) is 10.2 Å². The fourth-order valence-electron chi connectivity index (χ4n) is 7.90. The predicted octanol–water partition coefficient (Wildman–Crippen LogP) is 15.8. The summed E-state index contributed by atoms with van der Waals surface area (Å²) >= 11 is 16.3. The number of pyridine rings is 5. The number of para-hydroxylation sites is 5. The number of aryl methyl sites for hydroxylation is 2. The first kappa shape index (κ1) is 92.4. The maximum absolute atomic E-state index is 11.5. The van der Waals surface area contributed by atoms with E-state index in [1.165, 1.54) is 11.3 Å². The van der Waals surface area contributed by atoms with E-state index in [0.717, 1.165) is 76.6 Å². The molecule has 5 aromatic carbocycles. The number of thioether (sulfide) groups is 1. The van der Waals surface area contributed by atoms with E-state index in [4.69, 9.17) is 40.9 Å². The van der Waals surface area contributed by atoms with Crippen LogP contribution >= 0.6 is 86.7 Å². The molecule has 0 fully saturated rings. The number of nitrogens with zero attached hydrogens (tertiary/aromatic N) is 13. The van der Waals surface area contributed by atoms with Crippen LogP contribution in [0.1, 0.15) is 21.8 Å². The molecule has 15 aromatic rings. The molecular weight excluding hydrogens is 1630 g/mol. The summed E-state index contributed by atoms with van der Waals surface area (Å²) in [5.74, 6) is 7.70. The number of nitrogen functional groups attached to an aromatic ring is 3. The van der Waals surface area contributed by atoms with Crippen molar-refractivity contribution in [3.8, 4) is 58.1 Å². The first-order chi connectivity index (χ1) is 50.8. The van der Waals surface area contributed by atoms with E-state index in [9.17, 15) is 8.42 Å². The van der Waals surface area contributed by atoms with Gasteiger partial charge in [0.15, 0.2) is 15.3 Å². The molecule has 0 bridgehead atoms. The van der Waals surface area contributed by atoms with E-state index in [-0.39, 0.29) is 84.1 Å². The number of fused-ring (bicyclic) bond motifs is 3. The second kappa shape index (κ2) is 49.2. The van der Waals surface area contributed by atoms with Gasteiger partial charge in [-0.25, -0.2) is 53.8 Å². The molecule has 0 aliphatic carbocycles. The van der Waals surface area contributed by atoms with Gasteiger partial charge in [-0.1, -0.05) is 152 Å². The first-order valence-corrected chi connectivity index (χ1v) is 37.9. The molecule has 10 aromatic heterocycles. The third-order valence-corrected chi connectivity index (χ3v) is 18.7. The van der Waals surface area contributed by atoms with Gasteiger partial charge in [-0.05, 0) is 126 Å². The summed E-state index contributed by atoms with van der Waals surface area (Å²) in [6, 6.07) is 69.0. The first-order valence-electron chi connectivity index (χ1n) is 30.8. The molecule has 0 amide bonds. The van der Waals surface area contributed by atoms with Crippen molar-refractivity contribution in [3.05, 3.63) is 248 Å². The molecule has 559 valence electrons. The van der Waals surface area contributed by atoms with Crippen LogP contribution < -0.4 is 97.6 Å². The molecule has 0 saturated heterocycles. The molecule has 0 saturated carbocycles. The van der Waals surface area contributed by atoms with E-state index in [1.54, 1.807) is 87.3 Å². The second-order valence-electron chi connectivity index (χ2n) is 20.5. The topological polar surface area (TPSA) is 331 Å². The Kier molecular flexibility index (Phi) is 41.7. The average molecular weight is 1700 g/mol. The molecule has 7 N–H and O–H groups in total. The summed E-state index contributed by atoms with van der Waals surface area (Å²) in [5.41, 5.74) is 22.0. The van der Waals surface area contributed by atoms with Gasteiger partial charge in [0.25, 0.3) is 0 Å². The number of benzene rings is 5. The Labute approximate surface area is 718 Å². The van der Waals surface area contributed by atoms with Crippen molar-refractivity contribution in [2.24, 2.45) is 18.4 Å². The Balaban J connectivity index is 0.000000274. The number of sulfone groups is 1. The largest absolute Gasteiger partial charge is 1.00 e. The van der Waals surface area contributed by atoms with Crippen molar-refractivity contribution in [1.82, 2.24) is 59.4 Å². The average Bonchev–Trinajstić information content (AvgIpc) is 1.68. The number of thiazole rings is 3. The van der Waals surface area contributed by atoms with E-state index in [0.29, 0.717) is 73.9 Å². The molecule has 0 atom stereocenters. The number of aromatic nitrogens is 12. The van der Waals surface area contributed by atoms with Crippen LogP contribution in [0.25, 0.3) is 31.0 Å². The van der Waals surface area contributed by atoms with Crippen molar-refractivity contribution in [2.75, 3.05) is 41.6 Å². The van der Waals surface area contributed by atoms with Crippen LogP contribution in [0.4, 0.5) is 28.1 Å². The standard InChI is InChI=1S/C16H13N5OS.C13H10N2O3S2.C13H10N2OS2.C11H9BrN2O.C11H10N2O.C4H7N3.C3H5OS.2CH4.BHNS.K.H2S/c1-21-10-9-13(20-21)18-16-17-12-7-8-14(19-15(12)23-16)22-11-5-3-2-4-6-11;1-20(16,17)13-14-10-7-8-11(15-12(10)19-13)18-9-5-3-2-4-6-9;1-17-13-14-10-7-8-11(15-12(10)18-13)16-9-5-3-2-4-6-9;12-11-9(13)6-7-10(14-11)15-8-4-2-1-3-5-8;12-9-6-7-11(13-8-9)14-10-4-2-1-3-5-10;1-7-3-2-4(5)6-7;1-2-4-3-5;;;1-2-3;;/h2-10H,1H3,(H,17,18,20);2-8H,1H3;2-8H,1H3;1-7H,13H2;1-8H,12H2;2-3H,1H3,(H2,5,6);2H2,1H3;2*1H4;3H;;1H2/q;;;;;;-1;;;;+1;/p-1. The van der Waals surface area contributed by atoms with Gasteiger partial charge in [0.2, 0.25) is 43.6 Å². The Hall–Kier alpha value is -8.99. The van der Waals surface area contributed by atoms with Crippen LogP contribution in [-0.2, 0) is 42.2 Å². The molecule has 1 radical (unpaired) electrons. The van der Waals surface area contributed by atoms with E-state index in [2.05, 4.69) is 119 Å². The zero-order chi connectivity index (χ0) is 74.8. The summed E-state index contributed by atoms with van der Waals surface area (Å²) in [6.45, 7) is 2.49. The Morgan fingerprint density at radius 1 is 0.560 bits per heavy atom. The number of nitrogens with one attached hydrogen (secondary N) is 1. The number of thiocarbonyl (C=S) groups is 1. The van der Waals surface area contributed by atoms with Crippen LogP contribution in [0.15, 0.2) is 261 Å². The summed E-state index contributed by atoms with van der Waals surface area (Å²) in [6.07, 6.45) is 8.39. The molecule has 15 rings (SSSR count). The molecule has 36 heteroatoms. The van der Waals surface area contributed by atoms with Crippen molar-refractivity contribution >= 4 is 182 Å². The number of anilines is 5. The molecule has 0 aliphatic heterocycles. The SMILES string of the molecule is C.C.CCO[C-]=S.CS(=O)(=O)c1nc2ccc(Oc3ccccc3)nc2s1.CSc1nc2ccc(Oc3ccccc3)nc2s1.Cn1ccc(N)n1.Cn1ccc(Nc2nc3ccc(Oc4ccccc4)nc3s2)n1.Nc1ccc(Oc2ccccc2)nc1.Nc1ccc(Oc2ccccc2)nc1Br.[B]=NS.[K+].[SH-]. The monoisotopic (exact) mass is 1700 g/mol. The maximum Gasteiger partial charge on any atom is 1.00 e. The molecule has 109 heavy (non-hydrogen) atoms. The minimum Gasteiger partial charge on any atom is -0.813 e. The Bertz CT molecular complexity index is 5240. The molecule has 10 heterocycles. The van der Waals surface area contributed by atoms with Crippen molar-refractivity contribution in [1.29, 1.82) is 0 Å². The second-order valence-corrected chi connectivity index (χ2v) is 27.8. The zero-order valence-electron chi connectivity index (χ0n) is 57.9. The van der Waals surface area contributed by atoms with Crippen LogP contribution in [0.2, 0.25) is 0 Å². The molecule has 0 unspecified atom stereocenters. The van der Waals surface area contributed by atoms with Crippen molar-refractivity contribution < 1.29 is 88.2 Å². The number of halogens is 1. The minimum atomic E-state index is -3.31. The fraction of sp³-hybridized carbons (Fsp3) is 0.110. The van der Waals surface area contributed by atoms with Gasteiger partial charge in [-0.3, -0.25) is 9.36 Å². The predicted molar refractivity (Wildman–Crippen MR) is 452 cm³/mol. The van der Waals surface area contributed by atoms with Crippen LogP contribution in [0.5, 0.6) is 58.1 Å². The smallest absolute Gasteiger partial charge is 0.813 e. The summed E-state index contributed by atoms with van der Waals surface area (Å²) in [4.78, 5) is 36.7. The normalized spacial score (nSPS) is 9.82. The van der Waals surface area contributed by atoms with Crippen molar-refractivity contribution in [2.45, 2.75) is 30.5 Å². The number of thiol groups is 2. The summed E-state index contributed by atoms with van der Waals surface area (Å²) in [7, 11) is 4.73. The fourth-order valence-corrected chi connectivity index (χ4v) is 12.4. The van der Waals surface area contributed by atoms with Crippen LogP contribution in [0, 0.1) is 0 Å². The minimum absolute atomic E-state index is 0. The van der Waals surface area contributed by atoms with Gasteiger partial charge < -0.3 is 76.7 Å². The Morgan fingerprint density at radius 3 is 1.31 bits per heavy atom. The molecule has 0 aliphatic rings. The number of rotatable bonds is 16.